The van der Waals surface area contributed by atoms with Gasteiger partial charge in [-0.25, -0.2) is 9.59 Å². The quantitative estimate of drug-likeness (QED) is 0.145. The van der Waals surface area contributed by atoms with Crippen molar-refractivity contribution in [1.82, 2.24) is 4.90 Å². The first-order valence-electron chi connectivity index (χ1n) is 13.1. The molecule has 4 aromatic carbocycles. The van der Waals surface area contributed by atoms with Crippen molar-refractivity contribution < 1.29 is 28.7 Å². The molecule has 42 heavy (non-hydrogen) atoms. The van der Waals surface area contributed by atoms with E-state index < -0.39 is 23.8 Å². The van der Waals surface area contributed by atoms with Crippen molar-refractivity contribution in [1.29, 1.82) is 0 Å². The Hall–Kier alpha value is -5.21. The standard InChI is InChI=1S/C33H25ClN2O6/c34-28-29(31(38)36(30(28)37)20-19-22-7-3-1-4-8-22)35-26-15-11-25(12-16-26)33(40)42-27-17-13-24(14-18-27)32(39)41-21-23-9-5-2-6-10-23/h1-18,35H,19-21H2. The number of halogens is 1. The van der Waals surface area contributed by atoms with Crippen LogP contribution in [0, 0.1) is 0 Å². The van der Waals surface area contributed by atoms with Gasteiger partial charge < -0.3 is 14.8 Å². The van der Waals surface area contributed by atoms with Gasteiger partial charge in [0.2, 0.25) is 0 Å². The number of hydrogen-bond donors (Lipinski definition) is 1. The number of carbonyl (C=O) groups excluding carboxylic acids is 4. The molecule has 5 rings (SSSR count). The highest BCUT2D eigenvalue weighted by atomic mass is 35.5. The third-order valence-electron chi connectivity index (χ3n) is 6.48. The van der Waals surface area contributed by atoms with Crippen molar-refractivity contribution in [3.05, 3.63) is 142 Å². The first-order chi connectivity index (χ1) is 20.4. The van der Waals surface area contributed by atoms with Crippen molar-refractivity contribution in [3.8, 4) is 5.75 Å². The van der Waals surface area contributed by atoms with Gasteiger partial charge in [0.25, 0.3) is 11.8 Å². The number of ether oxygens (including phenoxy) is 2. The number of benzene rings is 4. The molecule has 1 N–H and O–H groups in total. The van der Waals surface area contributed by atoms with Crippen LogP contribution in [0.3, 0.4) is 0 Å². The lowest BCUT2D eigenvalue weighted by molar-refractivity contribution is -0.137. The molecule has 1 aliphatic heterocycles. The number of imide groups is 1. The van der Waals surface area contributed by atoms with Crippen LogP contribution in [0.1, 0.15) is 31.8 Å². The highest BCUT2D eigenvalue weighted by molar-refractivity contribution is 6.48. The Kier molecular flexibility index (Phi) is 8.75. The van der Waals surface area contributed by atoms with E-state index in [4.69, 9.17) is 21.1 Å². The molecule has 1 aliphatic rings. The highest BCUT2D eigenvalue weighted by Gasteiger charge is 2.37. The number of nitrogens with one attached hydrogen (secondary N) is 1. The van der Waals surface area contributed by atoms with Crippen LogP contribution in [0.4, 0.5) is 5.69 Å². The molecule has 2 amide bonds. The Bertz CT molecular complexity index is 1640. The average Bonchev–Trinajstić information content (AvgIpc) is 3.22. The first kappa shape index (κ1) is 28.3. The zero-order valence-electron chi connectivity index (χ0n) is 22.3. The van der Waals surface area contributed by atoms with Crippen LogP contribution in [0.15, 0.2) is 120 Å². The minimum atomic E-state index is -0.614. The molecule has 210 valence electrons. The summed E-state index contributed by atoms with van der Waals surface area (Å²) in [7, 11) is 0. The predicted octanol–water partition coefficient (Wildman–Crippen LogP) is 5.74. The Morgan fingerprint density at radius 3 is 1.90 bits per heavy atom. The van der Waals surface area contributed by atoms with Crippen LogP contribution in [-0.2, 0) is 27.4 Å². The lowest BCUT2D eigenvalue weighted by atomic mass is 10.1. The fourth-order valence-electron chi connectivity index (χ4n) is 4.21. The van der Waals surface area contributed by atoms with Crippen molar-refractivity contribution in [2.24, 2.45) is 0 Å². The van der Waals surface area contributed by atoms with E-state index >= 15 is 0 Å². The van der Waals surface area contributed by atoms with E-state index in [1.54, 1.807) is 12.1 Å². The van der Waals surface area contributed by atoms with Gasteiger partial charge in [0.05, 0.1) is 11.1 Å². The molecule has 0 radical (unpaired) electrons. The number of nitrogens with zero attached hydrogens (tertiary/aromatic N) is 1. The van der Waals surface area contributed by atoms with Crippen molar-refractivity contribution >= 4 is 41.0 Å². The second-order valence-corrected chi connectivity index (χ2v) is 9.74. The van der Waals surface area contributed by atoms with Gasteiger partial charge in [0.1, 0.15) is 23.1 Å². The summed E-state index contributed by atoms with van der Waals surface area (Å²) in [5.41, 5.74) is 2.89. The van der Waals surface area contributed by atoms with E-state index in [1.807, 2.05) is 60.7 Å². The van der Waals surface area contributed by atoms with Crippen LogP contribution in [0.5, 0.6) is 5.75 Å². The summed E-state index contributed by atoms with van der Waals surface area (Å²) in [5.74, 6) is -1.92. The van der Waals surface area contributed by atoms with E-state index in [1.165, 1.54) is 36.4 Å². The SMILES string of the molecule is O=C(OCc1ccccc1)c1ccc(OC(=O)c2ccc(NC3=C(Cl)C(=O)N(CCc4ccccc4)C3=O)cc2)cc1. The predicted molar refractivity (Wildman–Crippen MR) is 157 cm³/mol. The summed E-state index contributed by atoms with van der Waals surface area (Å²) >= 11 is 6.20. The molecule has 0 spiro atoms. The summed E-state index contributed by atoms with van der Waals surface area (Å²) in [5, 5.41) is 2.70. The van der Waals surface area contributed by atoms with Crippen LogP contribution in [0.2, 0.25) is 0 Å². The molecule has 0 bridgehead atoms. The lowest BCUT2D eigenvalue weighted by Gasteiger charge is -2.15. The van der Waals surface area contributed by atoms with Gasteiger partial charge in [-0.3, -0.25) is 14.5 Å². The molecule has 0 saturated carbocycles. The van der Waals surface area contributed by atoms with Gasteiger partial charge in [-0.1, -0.05) is 72.3 Å². The van der Waals surface area contributed by atoms with E-state index in [0.29, 0.717) is 17.7 Å². The Morgan fingerprint density at radius 2 is 1.26 bits per heavy atom. The minimum Gasteiger partial charge on any atom is -0.457 e. The lowest BCUT2D eigenvalue weighted by Crippen LogP contribution is -2.34. The minimum absolute atomic E-state index is 0.0209. The average molecular weight is 581 g/mol. The van der Waals surface area contributed by atoms with Crippen LogP contribution in [0.25, 0.3) is 0 Å². The van der Waals surface area contributed by atoms with Crippen molar-refractivity contribution in [3.63, 3.8) is 0 Å². The molecule has 0 aromatic heterocycles. The Balaban J connectivity index is 1.14. The molecule has 0 aliphatic carbocycles. The van der Waals surface area contributed by atoms with Crippen molar-refractivity contribution in [2.45, 2.75) is 13.0 Å². The van der Waals surface area contributed by atoms with Crippen molar-refractivity contribution in [2.75, 3.05) is 11.9 Å². The molecular formula is C33H25ClN2O6. The molecule has 0 atom stereocenters. The number of hydrogen-bond acceptors (Lipinski definition) is 7. The Morgan fingerprint density at radius 1 is 0.690 bits per heavy atom. The summed E-state index contributed by atoms with van der Waals surface area (Å²) in [6.45, 7) is 0.353. The number of anilines is 1. The maximum absolute atomic E-state index is 12.9. The molecule has 0 saturated heterocycles. The molecule has 1 heterocycles. The van der Waals surface area contributed by atoms with Gasteiger partial charge >= 0.3 is 11.9 Å². The third kappa shape index (κ3) is 6.74. The number of rotatable bonds is 10. The second-order valence-electron chi connectivity index (χ2n) is 9.36. The fourth-order valence-corrected chi connectivity index (χ4v) is 4.44. The topological polar surface area (TPSA) is 102 Å². The van der Waals surface area contributed by atoms with Crippen LogP contribution >= 0.6 is 11.6 Å². The zero-order valence-corrected chi connectivity index (χ0v) is 23.0. The van der Waals surface area contributed by atoms with E-state index in [0.717, 1.165) is 16.0 Å². The summed E-state index contributed by atoms with van der Waals surface area (Å²) < 4.78 is 10.7. The molecule has 4 aromatic rings. The number of esters is 2. The van der Waals surface area contributed by atoms with E-state index in [2.05, 4.69) is 5.32 Å². The maximum Gasteiger partial charge on any atom is 0.343 e. The smallest absolute Gasteiger partial charge is 0.343 e. The van der Waals surface area contributed by atoms with E-state index in [9.17, 15) is 19.2 Å². The summed E-state index contributed by atoms with van der Waals surface area (Å²) in [4.78, 5) is 51.6. The summed E-state index contributed by atoms with van der Waals surface area (Å²) in [6, 6.07) is 31.1. The monoisotopic (exact) mass is 580 g/mol. The molecular weight excluding hydrogens is 556 g/mol. The Labute approximate surface area is 247 Å². The molecule has 0 fully saturated rings. The maximum atomic E-state index is 12.9. The highest BCUT2D eigenvalue weighted by Crippen LogP contribution is 2.26. The van der Waals surface area contributed by atoms with E-state index in [-0.39, 0.29) is 35.2 Å². The zero-order chi connectivity index (χ0) is 29.5. The van der Waals surface area contributed by atoms with Gasteiger partial charge in [-0.15, -0.1) is 0 Å². The third-order valence-corrected chi connectivity index (χ3v) is 6.83. The van der Waals surface area contributed by atoms with Crippen LogP contribution < -0.4 is 10.1 Å². The van der Waals surface area contributed by atoms with Gasteiger partial charge in [0.15, 0.2) is 0 Å². The number of carbonyl (C=O) groups is 4. The fraction of sp³-hybridized carbons (Fsp3) is 0.0909. The van der Waals surface area contributed by atoms with Crippen LogP contribution in [-0.4, -0.2) is 35.2 Å². The molecule has 0 unspecified atom stereocenters. The van der Waals surface area contributed by atoms with Gasteiger partial charge in [0, 0.05) is 12.2 Å². The largest absolute Gasteiger partial charge is 0.457 e. The normalized spacial score (nSPS) is 12.8. The van der Waals surface area contributed by atoms with Gasteiger partial charge in [-0.05, 0) is 66.1 Å². The second kappa shape index (κ2) is 13.0. The molecule has 9 heteroatoms. The first-order valence-corrected chi connectivity index (χ1v) is 13.5. The summed E-state index contributed by atoms with van der Waals surface area (Å²) in [6.07, 6.45) is 0.508. The number of amides is 2. The van der Waals surface area contributed by atoms with Gasteiger partial charge in [-0.2, -0.15) is 0 Å². The molecule has 8 nitrogen and oxygen atoms in total.